The van der Waals surface area contributed by atoms with E-state index in [2.05, 4.69) is 10.00 Å². The molecule has 0 saturated heterocycles. The van der Waals surface area contributed by atoms with E-state index >= 15 is 0 Å². The van der Waals surface area contributed by atoms with Crippen molar-refractivity contribution in [2.24, 2.45) is 0 Å². The molecule has 1 aromatic rings. The first-order chi connectivity index (χ1) is 5.72. The molecular weight excluding hydrogens is 152 g/mol. The predicted octanol–water partition coefficient (Wildman–Crippen LogP) is 0.316. The van der Waals surface area contributed by atoms with Crippen molar-refractivity contribution in [3.05, 3.63) is 18.0 Å². The third kappa shape index (κ3) is 2.36. The fourth-order valence-corrected chi connectivity index (χ4v) is 0.846. The second-order valence-electron chi connectivity index (χ2n) is 2.91. The summed E-state index contributed by atoms with van der Waals surface area (Å²) in [4.78, 5) is 2.08. The van der Waals surface area contributed by atoms with Gasteiger partial charge in [0.2, 0.25) is 0 Å². The minimum Gasteiger partial charge on any atom is -0.308 e. The Bertz CT molecular complexity index is 281. The summed E-state index contributed by atoms with van der Waals surface area (Å²) in [5.74, 6) is 0. The van der Waals surface area contributed by atoms with Gasteiger partial charge in [-0.05, 0) is 14.1 Å². The van der Waals surface area contributed by atoms with E-state index in [1.54, 1.807) is 17.1 Å². The standard InChI is InChI=1S/C8H12N4/c1-11(2)3-4-12-7-8(5-9)6-10-12/h6-7H,3-4H2,1-2H3. The van der Waals surface area contributed by atoms with E-state index in [1.807, 2.05) is 20.2 Å². The lowest BCUT2D eigenvalue weighted by Crippen LogP contribution is -2.18. The highest BCUT2D eigenvalue weighted by atomic mass is 15.3. The monoisotopic (exact) mass is 164 g/mol. The highest BCUT2D eigenvalue weighted by molar-refractivity contribution is 5.21. The van der Waals surface area contributed by atoms with Crippen molar-refractivity contribution in [2.45, 2.75) is 6.54 Å². The lowest BCUT2D eigenvalue weighted by molar-refractivity contribution is 0.373. The molecule has 0 aliphatic carbocycles. The van der Waals surface area contributed by atoms with Crippen LogP contribution in [0.3, 0.4) is 0 Å². The smallest absolute Gasteiger partial charge is 0.102 e. The molecule has 12 heavy (non-hydrogen) atoms. The highest BCUT2D eigenvalue weighted by Gasteiger charge is 1.96. The Morgan fingerprint density at radius 1 is 1.67 bits per heavy atom. The molecule has 0 fully saturated rings. The summed E-state index contributed by atoms with van der Waals surface area (Å²) in [6.45, 7) is 1.77. The van der Waals surface area contributed by atoms with E-state index in [4.69, 9.17) is 5.26 Å². The summed E-state index contributed by atoms with van der Waals surface area (Å²) in [7, 11) is 4.02. The highest BCUT2D eigenvalue weighted by Crippen LogP contribution is 1.94. The van der Waals surface area contributed by atoms with Crippen molar-refractivity contribution in [1.82, 2.24) is 14.7 Å². The van der Waals surface area contributed by atoms with Crippen LogP contribution in [0, 0.1) is 11.3 Å². The number of hydrogen-bond donors (Lipinski definition) is 0. The average Bonchev–Trinajstić information content (AvgIpc) is 2.48. The maximum Gasteiger partial charge on any atom is 0.102 e. The lowest BCUT2D eigenvalue weighted by atomic mass is 10.4. The summed E-state index contributed by atoms with van der Waals surface area (Å²) in [5.41, 5.74) is 0.619. The molecule has 0 aliphatic rings. The minimum absolute atomic E-state index is 0.619. The average molecular weight is 164 g/mol. The van der Waals surface area contributed by atoms with Crippen LogP contribution < -0.4 is 0 Å². The van der Waals surface area contributed by atoms with Crippen molar-refractivity contribution in [3.63, 3.8) is 0 Å². The van der Waals surface area contributed by atoms with Crippen LogP contribution >= 0.6 is 0 Å². The molecule has 0 aliphatic heterocycles. The van der Waals surface area contributed by atoms with Gasteiger partial charge >= 0.3 is 0 Å². The van der Waals surface area contributed by atoms with Crippen LogP contribution in [-0.2, 0) is 6.54 Å². The lowest BCUT2D eigenvalue weighted by Gasteiger charge is -2.08. The predicted molar refractivity (Wildman–Crippen MR) is 45.5 cm³/mol. The van der Waals surface area contributed by atoms with Gasteiger partial charge in [-0.25, -0.2) is 0 Å². The Kier molecular flexibility index (Phi) is 2.83. The third-order valence-electron chi connectivity index (χ3n) is 1.54. The van der Waals surface area contributed by atoms with Gasteiger partial charge in [-0.3, -0.25) is 4.68 Å². The number of nitrogens with zero attached hydrogens (tertiary/aromatic N) is 4. The molecule has 4 nitrogen and oxygen atoms in total. The Morgan fingerprint density at radius 2 is 2.42 bits per heavy atom. The zero-order chi connectivity index (χ0) is 8.97. The van der Waals surface area contributed by atoms with Gasteiger partial charge in [0.1, 0.15) is 6.07 Å². The first kappa shape index (κ1) is 8.75. The molecule has 64 valence electrons. The van der Waals surface area contributed by atoms with Gasteiger partial charge in [-0.1, -0.05) is 0 Å². The van der Waals surface area contributed by atoms with Gasteiger partial charge in [0.25, 0.3) is 0 Å². The van der Waals surface area contributed by atoms with Crippen LogP contribution in [0.2, 0.25) is 0 Å². The SMILES string of the molecule is CN(C)CCn1cc(C#N)cn1. The molecule has 0 unspecified atom stereocenters. The zero-order valence-electron chi connectivity index (χ0n) is 7.36. The normalized spacial score (nSPS) is 10.2. The largest absolute Gasteiger partial charge is 0.308 e. The van der Waals surface area contributed by atoms with Crippen LogP contribution in [0.1, 0.15) is 5.56 Å². The molecular formula is C8H12N4. The van der Waals surface area contributed by atoms with E-state index in [9.17, 15) is 0 Å². The van der Waals surface area contributed by atoms with Crippen molar-refractivity contribution in [1.29, 1.82) is 5.26 Å². The Balaban J connectivity index is 2.48. The fraction of sp³-hybridized carbons (Fsp3) is 0.500. The zero-order valence-corrected chi connectivity index (χ0v) is 7.36. The van der Waals surface area contributed by atoms with Crippen LogP contribution in [0.15, 0.2) is 12.4 Å². The van der Waals surface area contributed by atoms with Crippen LogP contribution in [0.25, 0.3) is 0 Å². The Hall–Kier alpha value is -1.34. The number of rotatable bonds is 3. The maximum atomic E-state index is 8.51. The molecule has 0 saturated carbocycles. The summed E-state index contributed by atoms with van der Waals surface area (Å²) >= 11 is 0. The van der Waals surface area contributed by atoms with E-state index in [-0.39, 0.29) is 0 Å². The molecule has 0 N–H and O–H groups in total. The maximum absolute atomic E-state index is 8.51. The molecule has 0 radical (unpaired) electrons. The van der Waals surface area contributed by atoms with E-state index in [0.717, 1.165) is 13.1 Å². The fourth-order valence-electron chi connectivity index (χ4n) is 0.846. The Morgan fingerprint density at radius 3 is 2.92 bits per heavy atom. The van der Waals surface area contributed by atoms with Crippen molar-refractivity contribution in [3.8, 4) is 6.07 Å². The third-order valence-corrected chi connectivity index (χ3v) is 1.54. The molecule has 0 spiro atoms. The van der Waals surface area contributed by atoms with Gasteiger partial charge in [0, 0.05) is 12.7 Å². The van der Waals surface area contributed by atoms with Crippen molar-refractivity contribution >= 4 is 0 Å². The van der Waals surface area contributed by atoms with Gasteiger partial charge < -0.3 is 4.90 Å². The second-order valence-corrected chi connectivity index (χ2v) is 2.91. The van der Waals surface area contributed by atoms with Gasteiger partial charge in [-0.15, -0.1) is 0 Å². The van der Waals surface area contributed by atoms with Gasteiger partial charge in [-0.2, -0.15) is 10.4 Å². The Labute approximate surface area is 72.0 Å². The molecule has 1 aromatic heterocycles. The number of aromatic nitrogens is 2. The van der Waals surface area contributed by atoms with Gasteiger partial charge in [0.15, 0.2) is 0 Å². The number of hydrogen-bond acceptors (Lipinski definition) is 3. The molecule has 0 bridgehead atoms. The second kappa shape index (κ2) is 3.88. The number of nitriles is 1. The van der Waals surface area contributed by atoms with E-state index in [0.29, 0.717) is 5.56 Å². The molecule has 0 aromatic carbocycles. The molecule has 1 heterocycles. The summed E-state index contributed by atoms with van der Waals surface area (Å²) in [6, 6.07) is 2.04. The quantitative estimate of drug-likeness (QED) is 0.646. The molecule has 0 atom stereocenters. The molecule has 0 amide bonds. The van der Waals surface area contributed by atoms with Crippen molar-refractivity contribution < 1.29 is 0 Å². The summed E-state index contributed by atoms with van der Waals surface area (Å²) in [6.07, 6.45) is 3.33. The van der Waals surface area contributed by atoms with Crippen molar-refractivity contribution in [2.75, 3.05) is 20.6 Å². The van der Waals surface area contributed by atoms with E-state index < -0.39 is 0 Å². The summed E-state index contributed by atoms with van der Waals surface area (Å²) in [5, 5.41) is 12.5. The molecule has 1 rings (SSSR count). The van der Waals surface area contributed by atoms with E-state index in [1.165, 1.54) is 0 Å². The van der Waals surface area contributed by atoms with Crippen LogP contribution in [0.5, 0.6) is 0 Å². The van der Waals surface area contributed by atoms with Crippen LogP contribution in [0.4, 0.5) is 0 Å². The molecule has 4 heteroatoms. The topological polar surface area (TPSA) is 44.9 Å². The van der Waals surface area contributed by atoms with Crippen LogP contribution in [-0.4, -0.2) is 35.3 Å². The first-order valence-corrected chi connectivity index (χ1v) is 3.79. The van der Waals surface area contributed by atoms with Gasteiger partial charge in [0.05, 0.1) is 18.3 Å². The number of likely N-dealkylation sites (N-methyl/N-ethyl adjacent to an activating group) is 1. The summed E-state index contributed by atoms with van der Waals surface area (Å²) < 4.78 is 1.78. The first-order valence-electron chi connectivity index (χ1n) is 3.79. The minimum atomic E-state index is 0.619.